The fourth-order valence-corrected chi connectivity index (χ4v) is 1.30. The minimum Gasteiger partial charge on any atom is -0.392 e. The zero-order chi connectivity index (χ0) is 9.61. The maximum absolute atomic E-state index is 10.8. The molecule has 0 aliphatic carbocycles. The first kappa shape index (κ1) is 12.0. The molecule has 2 N–H and O–H groups in total. The SMILES string of the molecule is CCCCCC(=O)OP(O)(O)=S. The van der Waals surface area contributed by atoms with E-state index in [4.69, 9.17) is 9.79 Å². The number of carbonyl (C=O) groups excluding carboxylic acids is 1. The maximum atomic E-state index is 10.8. The maximum Gasteiger partial charge on any atom is 0.377 e. The summed E-state index contributed by atoms with van der Waals surface area (Å²) in [6.45, 7) is -1.78. The van der Waals surface area contributed by atoms with Crippen LogP contribution in [-0.2, 0) is 21.1 Å². The van der Waals surface area contributed by atoms with Gasteiger partial charge >= 0.3 is 12.7 Å². The molecule has 72 valence electrons. The van der Waals surface area contributed by atoms with Crippen LogP contribution in [0.3, 0.4) is 0 Å². The first-order chi connectivity index (χ1) is 5.45. The van der Waals surface area contributed by atoms with Crippen LogP contribution in [0.1, 0.15) is 32.6 Å². The quantitative estimate of drug-likeness (QED) is 0.531. The van der Waals surface area contributed by atoms with E-state index in [1.165, 1.54) is 0 Å². The van der Waals surface area contributed by atoms with Crippen molar-refractivity contribution in [2.45, 2.75) is 32.6 Å². The lowest BCUT2D eigenvalue weighted by Gasteiger charge is -2.07. The minimum absolute atomic E-state index is 0.202. The average Bonchev–Trinajstić information content (AvgIpc) is 1.84. The highest BCUT2D eigenvalue weighted by Gasteiger charge is 2.14. The summed E-state index contributed by atoms with van der Waals surface area (Å²) in [6.07, 6.45) is 2.83. The molecule has 6 heteroatoms. The Morgan fingerprint density at radius 1 is 1.50 bits per heavy atom. The second kappa shape index (κ2) is 5.65. The number of hydrogen-bond acceptors (Lipinski definition) is 3. The van der Waals surface area contributed by atoms with Crippen molar-refractivity contribution < 1.29 is 19.1 Å². The summed E-state index contributed by atoms with van der Waals surface area (Å²) in [7, 11) is 0. The van der Waals surface area contributed by atoms with Crippen LogP contribution in [0.15, 0.2) is 0 Å². The highest BCUT2D eigenvalue weighted by molar-refractivity contribution is 8.06. The third-order valence-corrected chi connectivity index (χ3v) is 1.87. The van der Waals surface area contributed by atoms with Crippen LogP contribution >= 0.6 is 6.72 Å². The highest BCUT2D eigenvalue weighted by Crippen LogP contribution is 2.36. The fraction of sp³-hybridized carbons (Fsp3) is 0.833. The second-order valence-corrected chi connectivity index (χ2v) is 5.00. The Morgan fingerprint density at radius 3 is 2.50 bits per heavy atom. The Balaban J connectivity index is 3.54. The molecule has 0 aromatic heterocycles. The third-order valence-electron chi connectivity index (χ3n) is 1.21. The van der Waals surface area contributed by atoms with Gasteiger partial charge in [-0.3, -0.25) is 4.79 Å². The van der Waals surface area contributed by atoms with Gasteiger partial charge in [-0.2, -0.15) is 0 Å². The molecule has 0 fully saturated rings. The van der Waals surface area contributed by atoms with Gasteiger partial charge in [-0.15, -0.1) is 0 Å². The van der Waals surface area contributed by atoms with Crippen molar-refractivity contribution in [3.8, 4) is 0 Å². The van der Waals surface area contributed by atoms with E-state index in [1.807, 2.05) is 6.92 Å². The van der Waals surface area contributed by atoms with Gasteiger partial charge in [-0.25, -0.2) is 0 Å². The summed E-state index contributed by atoms with van der Waals surface area (Å²) >= 11 is 4.12. The number of rotatable bonds is 5. The molecule has 0 bridgehead atoms. The largest absolute Gasteiger partial charge is 0.392 e. The number of unbranched alkanes of at least 4 members (excludes halogenated alkanes) is 2. The summed E-state index contributed by atoms with van der Waals surface area (Å²) < 4.78 is 4.18. The van der Waals surface area contributed by atoms with E-state index in [9.17, 15) is 4.79 Å². The van der Waals surface area contributed by atoms with Crippen molar-refractivity contribution in [1.29, 1.82) is 0 Å². The average molecular weight is 212 g/mol. The van der Waals surface area contributed by atoms with Crippen LogP contribution in [0.25, 0.3) is 0 Å². The molecule has 0 atom stereocenters. The van der Waals surface area contributed by atoms with Crippen molar-refractivity contribution in [1.82, 2.24) is 0 Å². The fourth-order valence-electron chi connectivity index (χ4n) is 0.698. The van der Waals surface area contributed by atoms with Gasteiger partial charge in [0.15, 0.2) is 0 Å². The first-order valence-corrected chi connectivity index (χ1v) is 6.36. The zero-order valence-electron chi connectivity index (χ0n) is 6.89. The molecule has 0 rings (SSSR count). The smallest absolute Gasteiger partial charge is 0.377 e. The van der Waals surface area contributed by atoms with Gasteiger partial charge in [0.2, 0.25) is 0 Å². The standard InChI is InChI=1S/C6H13O4PS/c1-2-3-4-5-6(7)10-11(8,9)12/h2-5H2,1H3,(H2,8,9,12). The molecule has 0 aromatic carbocycles. The van der Waals surface area contributed by atoms with Crippen LogP contribution in [0.4, 0.5) is 0 Å². The van der Waals surface area contributed by atoms with Gasteiger partial charge < -0.3 is 14.3 Å². The molecule has 0 radical (unpaired) electrons. The Labute approximate surface area is 76.8 Å². The van der Waals surface area contributed by atoms with E-state index in [2.05, 4.69) is 16.3 Å². The Kier molecular flexibility index (Phi) is 5.66. The van der Waals surface area contributed by atoms with Crippen LogP contribution in [0.2, 0.25) is 0 Å². The number of carbonyl (C=O) groups is 1. The molecular formula is C6H13O4PS. The molecule has 0 saturated heterocycles. The molecule has 12 heavy (non-hydrogen) atoms. The summed E-state index contributed by atoms with van der Waals surface area (Å²) in [5, 5.41) is 0. The van der Waals surface area contributed by atoms with Crippen LogP contribution in [-0.4, -0.2) is 15.8 Å². The van der Waals surface area contributed by atoms with Gasteiger partial charge in [-0.1, -0.05) is 19.8 Å². The van der Waals surface area contributed by atoms with Gasteiger partial charge in [0.25, 0.3) is 0 Å². The monoisotopic (exact) mass is 212 g/mol. The van der Waals surface area contributed by atoms with Crippen molar-refractivity contribution >= 4 is 24.5 Å². The highest BCUT2D eigenvalue weighted by atomic mass is 32.5. The summed E-state index contributed by atoms with van der Waals surface area (Å²) in [4.78, 5) is 27.9. The molecule has 0 amide bonds. The molecule has 0 unspecified atom stereocenters. The lowest BCUT2D eigenvalue weighted by molar-refractivity contribution is -0.135. The molecular weight excluding hydrogens is 199 g/mol. The van der Waals surface area contributed by atoms with Crippen LogP contribution in [0.5, 0.6) is 0 Å². The lowest BCUT2D eigenvalue weighted by atomic mass is 10.2. The Morgan fingerprint density at radius 2 is 2.08 bits per heavy atom. The van der Waals surface area contributed by atoms with Gasteiger partial charge in [0, 0.05) is 18.2 Å². The van der Waals surface area contributed by atoms with Gasteiger partial charge in [-0.05, 0) is 6.42 Å². The molecule has 0 heterocycles. The Hall–Kier alpha value is 0.0400. The van der Waals surface area contributed by atoms with Crippen molar-refractivity contribution in [2.75, 3.05) is 0 Å². The second-order valence-electron chi connectivity index (χ2n) is 2.41. The van der Waals surface area contributed by atoms with E-state index < -0.39 is 12.7 Å². The predicted octanol–water partition coefficient (Wildman–Crippen LogP) is 1.32. The summed E-state index contributed by atoms with van der Waals surface area (Å²) in [5.41, 5.74) is 0. The van der Waals surface area contributed by atoms with Crippen LogP contribution in [0, 0.1) is 0 Å². The van der Waals surface area contributed by atoms with E-state index in [-0.39, 0.29) is 6.42 Å². The zero-order valence-corrected chi connectivity index (χ0v) is 8.61. The Bertz CT molecular complexity index is 188. The lowest BCUT2D eigenvalue weighted by Crippen LogP contribution is -2.01. The van der Waals surface area contributed by atoms with E-state index >= 15 is 0 Å². The molecule has 0 aliphatic heterocycles. The predicted molar refractivity (Wildman–Crippen MR) is 49.0 cm³/mol. The minimum atomic E-state index is -3.79. The van der Waals surface area contributed by atoms with Crippen molar-refractivity contribution in [3.63, 3.8) is 0 Å². The summed E-state index contributed by atoms with van der Waals surface area (Å²) in [5.74, 6) is -0.628. The normalized spacial score (nSPS) is 11.2. The first-order valence-electron chi connectivity index (χ1n) is 3.73. The summed E-state index contributed by atoms with van der Waals surface area (Å²) in [6, 6.07) is 0. The van der Waals surface area contributed by atoms with Gasteiger partial charge in [0.05, 0.1) is 0 Å². The van der Waals surface area contributed by atoms with Crippen molar-refractivity contribution in [2.24, 2.45) is 0 Å². The van der Waals surface area contributed by atoms with E-state index in [0.717, 1.165) is 12.8 Å². The molecule has 0 saturated carbocycles. The molecule has 0 spiro atoms. The molecule has 0 aromatic rings. The van der Waals surface area contributed by atoms with E-state index in [1.54, 1.807) is 0 Å². The molecule has 4 nitrogen and oxygen atoms in total. The van der Waals surface area contributed by atoms with Crippen molar-refractivity contribution in [3.05, 3.63) is 0 Å². The van der Waals surface area contributed by atoms with E-state index in [0.29, 0.717) is 6.42 Å². The van der Waals surface area contributed by atoms with Crippen LogP contribution < -0.4 is 0 Å². The van der Waals surface area contributed by atoms with Gasteiger partial charge in [0.1, 0.15) is 0 Å². The third kappa shape index (κ3) is 8.14. The molecule has 0 aliphatic rings. The topological polar surface area (TPSA) is 66.8 Å². The number of hydrogen-bond donors (Lipinski definition) is 2.